The Morgan fingerprint density at radius 3 is 2.64 bits per heavy atom. The molecule has 1 atom stereocenters. The van der Waals surface area contributed by atoms with Crippen LogP contribution in [0.15, 0.2) is 34.0 Å². The highest BCUT2D eigenvalue weighted by molar-refractivity contribution is 7.89. The molecule has 12 heteroatoms. The van der Waals surface area contributed by atoms with E-state index < -0.39 is 28.1 Å². The summed E-state index contributed by atoms with van der Waals surface area (Å²) in [7, 11) is -3.98. The van der Waals surface area contributed by atoms with Crippen molar-refractivity contribution in [2.45, 2.75) is 62.7 Å². The van der Waals surface area contributed by atoms with Crippen LogP contribution in [0.4, 0.5) is 18.9 Å². The van der Waals surface area contributed by atoms with Crippen LogP contribution in [-0.2, 0) is 40.6 Å². The summed E-state index contributed by atoms with van der Waals surface area (Å²) in [6.45, 7) is 1.43. The maximum absolute atomic E-state index is 12.9. The monoisotopic (exact) mass is 484 g/mol. The average Bonchev–Trinajstić information content (AvgIpc) is 3.07. The van der Waals surface area contributed by atoms with Gasteiger partial charge in [-0.25, -0.2) is 17.8 Å². The maximum atomic E-state index is 12.9. The van der Waals surface area contributed by atoms with E-state index in [9.17, 15) is 31.2 Å². The molecule has 1 amide bonds. The van der Waals surface area contributed by atoms with Crippen LogP contribution in [-0.4, -0.2) is 42.9 Å². The highest BCUT2D eigenvalue weighted by Gasteiger charge is 2.47. The molecule has 1 aliphatic carbocycles. The molecule has 0 spiro atoms. The van der Waals surface area contributed by atoms with Crippen LogP contribution in [0.2, 0.25) is 0 Å². The minimum absolute atomic E-state index is 0.0428. The first-order valence-corrected chi connectivity index (χ1v) is 12.1. The second-order valence-corrected chi connectivity index (χ2v) is 10.1. The van der Waals surface area contributed by atoms with E-state index in [1.807, 2.05) is 0 Å². The van der Waals surface area contributed by atoms with Crippen molar-refractivity contribution in [3.63, 3.8) is 0 Å². The Balaban J connectivity index is 1.47. The lowest BCUT2D eigenvalue weighted by Gasteiger charge is -2.23. The number of nitrogens with one attached hydrogen (secondary N) is 1. The highest BCUT2D eigenvalue weighted by atomic mass is 32.2. The van der Waals surface area contributed by atoms with Crippen molar-refractivity contribution in [3.8, 4) is 0 Å². The number of carbonyl (C=O) groups is 1. The van der Waals surface area contributed by atoms with Crippen LogP contribution >= 0.6 is 0 Å². The van der Waals surface area contributed by atoms with Crippen LogP contribution in [0.5, 0.6) is 0 Å². The van der Waals surface area contributed by atoms with Gasteiger partial charge in [0.25, 0.3) is 5.56 Å². The Labute approximate surface area is 188 Å². The number of halogens is 3. The number of hydrogen-bond donors (Lipinski definition) is 1. The van der Waals surface area contributed by atoms with Gasteiger partial charge < -0.3 is 4.90 Å². The zero-order chi connectivity index (χ0) is 24.0. The molecule has 178 valence electrons. The summed E-state index contributed by atoms with van der Waals surface area (Å²) in [5, 5.41) is 4.35. The van der Waals surface area contributed by atoms with E-state index in [-0.39, 0.29) is 35.7 Å². The Morgan fingerprint density at radius 1 is 1.18 bits per heavy atom. The predicted molar refractivity (Wildman–Crippen MR) is 113 cm³/mol. The first-order chi connectivity index (χ1) is 15.5. The van der Waals surface area contributed by atoms with E-state index in [4.69, 9.17) is 0 Å². The number of benzene rings is 1. The van der Waals surface area contributed by atoms with E-state index >= 15 is 0 Å². The Kier molecular flexibility index (Phi) is 6.08. The van der Waals surface area contributed by atoms with Crippen molar-refractivity contribution in [1.29, 1.82) is 0 Å². The Hall–Kier alpha value is -2.73. The van der Waals surface area contributed by atoms with Crippen LogP contribution < -0.4 is 15.2 Å². The maximum Gasteiger partial charge on any atom is 0.471 e. The largest absolute Gasteiger partial charge is 0.471 e. The molecule has 1 unspecified atom stereocenters. The van der Waals surface area contributed by atoms with Gasteiger partial charge in [0, 0.05) is 24.3 Å². The molecule has 1 aromatic heterocycles. The van der Waals surface area contributed by atoms with Gasteiger partial charge in [0.1, 0.15) is 0 Å². The molecule has 0 saturated carbocycles. The molecule has 2 aliphatic rings. The average molecular weight is 485 g/mol. The summed E-state index contributed by atoms with van der Waals surface area (Å²) >= 11 is 0. The normalized spacial score (nSPS) is 18.2. The van der Waals surface area contributed by atoms with Gasteiger partial charge in [0.2, 0.25) is 10.0 Å². The smallest absolute Gasteiger partial charge is 0.301 e. The van der Waals surface area contributed by atoms with Gasteiger partial charge in [-0.3, -0.25) is 9.59 Å². The van der Waals surface area contributed by atoms with Gasteiger partial charge in [-0.15, -0.1) is 0 Å². The van der Waals surface area contributed by atoms with E-state index in [2.05, 4.69) is 9.82 Å². The predicted octanol–water partition coefficient (Wildman–Crippen LogP) is 1.94. The minimum atomic E-state index is -5.02. The number of alkyl halides is 3. The molecule has 1 N–H and O–H groups in total. The molecule has 1 aliphatic heterocycles. The van der Waals surface area contributed by atoms with Crippen molar-refractivity contribution in [1.82, 2.24) is 14.5 Å². The third-order valence-electron chi connectivity index (χ3n) is 5.93. The van der Waals surface area contributed by atoms with E-state index in [1.54, 1.807) is 6.07 Å². The zero-order valence-corrected chi connectivity index (χ0v) is 18.7. The number of anilines is 1. The number of nitrogens with zero attached hydrogens (tertiary/aromatic N) is 3. The van der Waals surface area contributed by atoms with E-state index in [1.165, 1.54) is 29.8 Å². The lowest BCUT2D eigenvalue weighted by atomic mass is 9.97. The fourth-order valence-electron chi connectivity index (χ4n) is 4.35. The first-order valence-electron chi connectivity index (χ1n) is 10.6. The number of amides is 1. The molecule has 2 aromatic rings. The fourth-order valence-corrected chi connectivity index (χ4v) is 5.42. The third-order valence-corrected chi connectivity index (χ3v) is 7.39. The summed E-state index contributed by atoms with van der Waals surface area (Å²) in [6.07, 6.45) is -1.32. The topological polar surface area (TPSA) is 101 Å². The molecule has 0 fully saturated rings. The summed E-state index contributed by atoms with van der Waals surface area (Å²) in [6, 6.07) is 4.46. The van der Waals surface area contributed by atoms with E-state index in [0.29, 0.717) is 10.5 Å². The molecule has 1 aromatic carbocycles. The standard InChI is InChI=1S/C21H23F3N4O4S/c1-13-10-15-11-16(6-7-18(15)28(13)20(30)21(22,23)24)33(31,32)25-8-9-27-19(29)12-14-4-2-3-5-17(14)26-27/h6-7,11-13,25H,2-5,8-10H2,1H3. The second kappa shape index (κ2) is 8.56. The fraction of sp³-hybridized carbons (Fsp3) is 0.476. The lowest BCUT2D eigenvalue weighted by molar-refractivity contribution is -0.170. The number of sulfonamides is 1. The van der Waals surface area contributed by atoms with Gasteiger partial charge in [-0.05, 0) is 68.4 Å². The second-order valence-electron chi connectivity index (χ2n) is 8.30. The molecule has 33 heavy (non-hydrogen) atoms. The molecule has 8 nitrogen and oxygen atoms in total. The summed E-state index contributed by atoms with van der Waals surface area (Å²) < 4.78 is 67.8. The first kappa shape index (κ1) is 23.4. The molecule has 0 radical (unpaired) electrons. The van der Waals surface area contributed by atoms with Crippen molar-refractivity contribution in [3.05, 3.63) is 51.4 Å². The zero-order valence-electron chi connectivity index (χ0n) is 17.9. The highest BCUT2D eigenvalue weighted by Crippen LogP contribution is 2.36. The van der Waals surface area contributed by atoms with Crippen LogP contribution in [0.1, 0.15) is 36.6 Å². The molecule has 4 rings (SSSR count). The SMILES string of the molecule is CC1Cc2cc(S(=O)(=O)NCCn3nc4c(cc3=O)CCCC4)ccc2N1C(=O)C(F)(F)F. The van der Waals surface area contributed by atoms with Gasteiger partial charge in [0.15, 0.2) is 0 Å². The lowest BCUT2D eigenvalue weighted by Crippen LogP contribution is -2.44. The molecular weight excluding hydrogens is 461 g/mol. The third kappa shape index (κ3) is 4.67. The minimum Gasteiger partial charge on any atom is -0.301 e. The molecule has 0 saturated heterocycles. The van der Waals surface area contributed by atoms with Crippen molar-refractivity contribution >= 4 is 21.6 Å². The number of rotatable bonds is 5. The summed E-state index contributed by atoms with van der Waals surface area (Å²) in [5.41, 5.74) is 1.89. The Morgan fingerprint density at radius 2 is 1.91 bits per heavy atom. The molecule has 0 bridgehead atoms. The quantitative estimate of drug-likeness (QED) is 0.699. The molecular formula is C21H23F3N4O4S. The number of hydrogen-bond acceptors (Lipinski definition) is 5. The van der Waals surface area contributed by atoms with Gasteiger partial charge in [0.05, 0.1) is 17.1 Å². The van der Waals surface area contributed by atoms with Crippen molar-refractivity contribution in [2.24, 2.45) is 0 Å². The van der Waals surface area contributed by atoms with Gasteiger partial charge >= 0.3 is 12.1 Å². The van der Waals surface area contributed by atoms with Gasteiger partial charge in [-0.2, -0.15) is 18.3 Å². The number of carbonyl (C=O) groups excluding carboxylic acids is 1. The summed E-state index contributed by atoms with van der Waals surface area (Å²) in [5.74, 6) is -1.98. The number of aromatic nitrogens is 2. The number of fused-ring (bicyclic) bond motifs is 2. The number of aryl methyl sites for hydroxylation is 2. The summed E-state index contributed by atoms with van der Waals surface area (Å²) in [4.78, 5) is 24.5. The van der Waals surface area contributed by atoms with Crippen LogP contribution in [0.25, 0.3) is 0 Å². The van der Waals surface area contributed by atoms with Gasteiger partial charge in [-0.1, -0.05) is 0 Å². The molecule has 2 heterocycles. The van der Waals surface area contributed by atoms with Crippen LogP contribution in [0, 0.1) is 0 Å². The Bertz CT molecular complexity index is 1260. The van der Waals surface area contributed by atoms with Crippen molar-refractivity contribution in [2.75, 3.05) is 11.4 Å². The van der Waals surface area contributed by atoms with Crippen molar-refractivity contribution < 1.29 is 26.4 Å². The van der Waals surface area contributed by atoms with Crippen LogP contribution in [0.3, 0.4) is 0 Å². The van der Waals surface area contributed by atoms with E-state index in [0.717, 1.165) is 36.9 Å².